The minimum absolute atomic E-state index is 0.0448. The average Bonchev–Trinajstić information content (AvgIpc) is 2.37. The Hall–Kier alpha value is -2.24. The Kier molecular flexibility index (Phi) is 2.98. The van der Waals surface area contributed by atoms with Gasteiger partial charge in [0.2, 0.25) is 0 Å². The van der Waals surface area contributed by atoms with Crippen LogP contribution < -0.4 is 10.5 Å². The first-order valence-corrected chi connectivity index (χ1v) is 6.29. The second kappa shape index (κ2) is 4.79. The molecule has 0 atom stereocenters. The summed E-state index contributed by atoms with van der Waals surface area (Å²) in [5.74, 6) is 1.38. The first-order valence-electron chi connectivity index (χ1n) is 6.29. The molecule has 0 amide bonds. The SMILES string of the molecule is Cc1nccnc1N1CC(Cn2ncccc2=O)C1. The molecule has 3 heterocycles. The van der Waals surface area contributed by atoms with Crippen LogP contribution >= 0.6 is 0 Å². The summed E-state index contributed by atoms with van der Waals surface area (Å²) < 4.78 is 1.52. The van der Waals surface area contributed by atoms with Crippen molar-refractivity contribution < 1.29 is 0 Å². The lowest BCUT2D eigenvalue weighted by Gasteiger charge is -2.40. The van der Waals surface area contributed by atoms with E-state index < -0.39 is 0 Å². The van der Waals surface area contributed by atoms with E-state index in [1.54, 1.807) is 24.7 Å². The molecule has 1 aliphatic rings. The van der Waals surface area contributed by atoms with Crippen molar-refractivity contribution in [2.45, 2.75) is 13.5 Å². The van der Waals surface area contributed by atoms with E-state index in [0.717, 1.165) is 24.6 Å². The van der Waals surface area contributed by atoms with Gasteiger partial charge in [-0.1, -0.05) is 0 Å². The van der Waals surface area contributed by atoms with Crippen molar-refractivity contribution in [3.63, 3.8) is 0 Å². The van der Waals surface area contributed by atoms with E-state index in [-0.39, 0.29) is 5.56 Å². The van der Waals surface area contributed by atoms with Gasteiger partial charge in [0.25, 0.3) is 5.56 Å². The van der Waals surface area contributed by atoms with Crippen molar-refractivity contribution in [1.29, 1.82) is 0 Å². The highest BCUT2D eigenvalue weighted by molar-refractivity contribution is 5.44. The maximum atomic E-state index is 11.6. The fourth-order valence-electron chi connectivity index (χ4n) is 2.34. The second-order valence-electron chi connectivity index (χ2n) is 4.78. The largest absolute Gasteiger partial charge is 0.354 e. The molecule has 2 aromatic rings. The third-order valence-corrected chi connectivity index (χ3v) is 3.33. The van der Waals surface area contributed by atoms with Crippen LogP contribution in [-0.2, 0) is 6.54 Å². The number of rotatable bonds is 3. The molecule has 1 saturated heterocycles. The number of hydrogen-bond donors (Lipinski definition) is 0. The Balaban J connectivity index is 1.64. The molecule has 0 spiro atoms. The van der Waals surface area contributed by atoms with Gasteiger partial charge in [-0.15, -0.1) is 0 Å². The zero-order chi connectivity index (χ0) is 13.2. The normalized spacial score (nSPS) is 15.3. The molecule has 0 bridgehead atoms. The van der Waals surface area contributed by atoms with Gasteiger partial charge in [-0.2, -0.15) is 5.10 Å². The third kappa shape index (κ3) is 2.33. The van der Waals surface area contributed by atoms with Crippen molar-refractivity contribution in [2.24, 2.45) is 5.92 Å². The highest BCUT2D eigenvalue weighted by atomic mass is 16.1. The molecular weight excluding hydrogens is 242 g/mol. The van der Waals surface area contributed by atoms with Crippen molar-refractivity contribution >= 4 is 5.82 Å². The first-order chi connectivity index (χ1) is 9.24. The quantitative estimate of drug-likeness (QED) is 0.800. The van der Waals surface area contributed by atoms with Gasteiger partial charge in [0.1, 0.15) is 5.82 Å². The van der Waals surface area contributed by atoms with E-state index in [1.165, 1.54) is 10.7 Å². The fourth-order valence-corrected chi connectivity index (χ4v) is 2.34. The highest BCUT2D eigenvalue weighted by Gasteiger charge is 2.29. The summed E-state index contributed by atoms with van der Waals surface area (Å²) >= 11 is 0. The van der Waals surface area contributed by atoms with Crippen LogP contribution in [0.3, 0.4) is 0 Å². The predicted octanol–water partition coefficient (Wildman–Crippen LogP) is 0.478. The van der Waals surface area contributed by atoms with Gasteiger partial charge in [0.15, 0.2) is 0 Å². The lowest BCUT2D eigenvalue weighted by Crippen LogP contribution is -2.50. The molecule has 6 heteroatoms. The van der Waals surface area contributed by atoms with Crippen molar-refractivity contribution in [3.8, 4) is 0 Å². The summed E-state index contributed by atoms with van der Waals surface area (Å²) in [6.45, 7) is 4.40. The van der Waals surface area contributed by atoms with E-state index >= 15 is 0 Å². The Morgan fingerprint density at radius 2 is 2.05 bits per heavy atom. The number of anilines is 1. The van der Waals surface area contributed by atoms with Gasteiger partial charge in [-0.05, 0) is 13.0 Å². The van der Waals surface area contributed by atoms with E-state index in [2.05, 4.69) is 20.0 Å². The molecule has 1 fully saturated rings. The number of nitrogens with zero attached hydrogens (tertiary/aromatic N) is 5. The first kappa shape index (κ1) is 11.8. The van der Waals surface area contributed by atoms with Gasteiger partial charge in [0.05, 0.1) is 12.2 Å². The van der Waals surface area contributed by atoms with Crippen molar-refractivity contribution in [1.82, 2.24) is 19.7 Å². The van der Waals surface area contributed by atoms with Crippen LogP contribution in [-0.4, -0.2) is 32.8 Å². The molecule has 0 unspecified atom stereocenters. The molecule has 0 aromatic carbocycles. The molecule has 6 nitrogen and oxygen atoms in total. The summed E-state index contributed by atoms with van der Waals surface area (Å²) in [5.41, 5.74) is 0.896. The van der Waals surface area contributed by atoms with Gasteiger partial charge in [-0.3, -0.25) is 9.78 Å². The van der Waals surface area contributed by atoms with Gasteiger partial charge in [-0.25, -0.2) is 9.67 Å². The Labute approximate surface area is 110 Å². The van der Waals surface area contributed by atoms with Crippen LogP contribution in [0.25, 0.3) is 0 Å². The van der Waals surface area contributed by atoms with Gasteiger partial charge >= 0.3 is 0 Å². The molecule has 3 rings (SSSR count). The minimum Gasteiger partial charge on any atom is -0.354 e. The summed E-state index contributed by atoms with van der Waals surface area (Å²) in [6, 6.07) is 3.20. The Morgan fingerprint density at radius 3 is 2.79 bits per heavy atom. The average molecular weight is 257 g/mol. The predicted molar refractivity (Wildman–Crippen MR) is 71.0 cm³/mol. The van der Waals surface area contributed by atoms with E-state index in [4.69, 9.17) is 0 Å². The van der Waals surface area contributed by atoms with Crippen LogP contribution in [0.1, 0.15) is 5.69 Å². The summed E-state index contributed by atoms with van der Waals surface area (Å²) in [4.78, 5) is 22.3. The van der Waals surface area contributed by atoms with Crippen molar-refractivity contribution in [3.05, 3.63) is 46.8 Å². The van der Waals surface area contributed by atoms with E-state index in [1.807, 2.05) is 6.92 Å². The van der Waals surface area contributed by atoms with Crippen LogP contribution in [0.5, 0.6) is 0 Å². The Bertz CT molecular complexity index is 633. The van der Waals surface area contributed by atoms with Crippen LogP contribution in [0, 0.1) is 12.8 Å². The Morgan fingerprint density at radius 1 is 1.26 bits per heavy atom. The third-order valence-electron chi connectivity index (χ3n) is 3.33. The van der Waals surface area contributed by atoms with E-state index in [0.29, 0.717) is 12.5 Å². The minimum atomic E-state index is -0.0448. The highest BCUT2D eigenvalue weighted by Crippen LogP contribution is 2.24. The zero-order valence-electron chi connectivity index (χ0n) is 10.7. The molecule has 98 valence electrons. The standard InChI is InChI=1S/C13H15N5O/c1-10-13(15-6-5-14-10)17-7-11(8-17)9-18-12(19)3-2-4-16-18/h2-6,11H,7-9H2,1H3. The number of hydrogen-bond acceptors (Lipinski definition) is 5. The van der Waals surface area contributed by atoms with Crippen LogP contribution in [0.15, 0.2) is 35.5 Å². The topological polar surface area (TPSA) is 63.9 Å². The van der Waals surface area contributed by atoms with Gasteiger partial charge in [0, 0.05) is 43.7 Å². The molecule has 1 aliphatic heterocycles. The van der Waals surface area contributed by atoms with Gasteiger partial charge < -0.3 is 4.90 Å². The monoisotopic (exact) mass is 257 g/mol. The molecule has 19 heavy (non-hydrogen) atoms. The lowest BCUT2D eigenvalue weighted by molar-refractivity contribution is 0.332. The molecule has 0 N–H and O–H groups in total. The van der Waals surface area contributed by atoms with Crippen LogP contribution in [0.2, 0.25) is 0 Å². The zero-order valence-corrected chi connectivity index (χ0v) is 10.7. The smallest absolute Gasteiger partial charge is 0.266 e. The summed E-state index contributed by atoms with van der Waals surface area (Å²) in [7, 11) is 0. The second-order valence-corrected chi connectivity index (χ2v) is 4.78. The lowest BCUT2D eigenvalue weighted by atomic mass is 10.00. The van der Waals surface area contributed by atoms with E-state index in [9.17, 15) is 4.79 Å². The molecular formula is C13H15N5O. The summed E-state index contributed by atoms with van der Waals surface area (Å²) in [6.07, 6.45) is 5.05. The number of aryl methyl sites for hydroxylation is 1. The fraction of sp³-hybridized carbons (Fsp3) is 0.385. The summed E-state index contributed by atoms with van der Waals surface area (Å²) in [5, 5.41) is 4.07. The molecule has 2 aromatic heterocycles. The van der Waals surface area contributed by atoms with Crippen molar-refractivity contribution in [2.75, 3.05) is 18.0 Å². The van der Waals surface area contributed by atoms with Crippen LogP contribution in [0.4, 0.5) is 5.82 Å². The maximum Gasteiger partial charge on any atom is 0.266 e. The number of aromatic nitrogens is 4. The molecule has 0 aliphatic carbocycles. The molecule has 0 saturated carbocycles. The maximum absolute atomic E-state index is 11.6. The molecule has 0 radical (unpaired) electrons.